The molecule has 0 atom stereocenters. The predicted molar refractivity (Wildman–Crippen MR) is 42.3 cm³/mol. The number of aryl methyl sites for hydroxylation is 1. The van der Waals surface area contributed by atoms with Gasteiger partial charge in [-0.25, -0.2) is 9.97 Å². The van der Waals surface area contributed by atoms with E-state index in [1.807, 2.05) is 13.1 Å². The van der Waals surface area contributed by atoms with E-state index in [0.29, 0.717) is 0 Å². The normalized spacial score (nSPS) is 10.0. The predicted octanol–water partition coefficient (Wildman–Crippen LogP) is 0.974. The summed E-state index contributed by atoms with van der Waals surface area (Å²) in [7, 11) is 1.69. The van der Waals surface area contributed by atoms with Crippen LogP contribution in [0.1, 0.15) is 11.3 Å². The number of rotatable bonds is 3. The van der Waals surface area contributed by atoms with Crippen molar-refractivity contribution >= 4 is 0 Å². The molecule has 0 saturated heterocycles. The van der Waals surface area contributed by atoms with Crippen LogP contribution in [0.15, 0.2) is 12.5 Å². The van der Waals surface area contributed by atoms with Crippen molar-refractivity contribution in [2.24, 2.45) is 0 Å². The van der Waals surface area contributed by atoms with E-state index in [9.17, 15) is 0 Å². The summed E-state index contributed by atoms with van der Waals surface area (Å²) >= 11 is 0. The number of aromatic nitrogens is 2. The van der Waals surface area contributed by atoms with Gasteiger partial charge in [-0.1, -0.05) is 0 Å². The average molecular weight is 152 g/mol. The van der Waals surface area contributed by atoms with Crippen molar-refractivity contribution in [3.8, 4) is 0 Å². The first-order valence-electron chi connectivity index (χ1n) is 3.59. The minimum absolute atomic E-state index is 0.730. The molecule has 0 aromatic carbocycles. The molecule has 3 heteroatoms. The Bertz CT molecular complexity index is 225. The van der Waals surface area contributed by atoms with Gasteiger partial charge in [0.15, 0.2) is 0 Å². The van der Waals surface area contributed by atoms with Gasteiger partial charge in [-0.2, -0.15) is 0 Å². The Morgan fingerprint density at radius 1 is 1.55 bits per heavy atom. The molecule has 0 unspecified atom stereocenters. The Balaban J connectivity index is 2.62. The highest BCUT2D eigenvalue weighted by atomic mass is 16.5. The Hall–Kier alpha value is -0.960. The molecular formula is C8H12N2O. The van der Waals surface area contributed by atoms with Gasteiger partial charge in [-0.3, -0.25) is 0 Å². The van der Waals surface area contributed by atoms with Crippen molar-refractivity contribution in [2.75, 3.05) is 13.7 Å². The van der Waals surface area contributed by atoms with Crippen molar-refractivity contribution < 1.29 is 4.74 Å². The molecule has 11 heavy (non-hydrogen) atoms. The van der Waals surface area contributed by atoms with Crippen LogP contribution in [0.5, 0.6) is 0 Å². The van der Waals surface area contributed by atoms with E-state index in [1.165, 1.54) is 0 Å². The highest BCUT2D eigenvalue weighted by Gasteiger charge is 1.96. The molecule has 0 bridgehead atoms. The number of nitrogens with zero attached hydrogens (tertiary/aromatic N) is 2. The first kappa shape index (κ1) is 8.14. The van der Waals surface area contributed by atoms with E-state index in [1.54, 1.807) is 13.4 Å². The van der Waals surface area contributed by atoms with Crippen LogP contribution in [0.4, 0.5) is 0 Å². The number of hydrogen-bond acceptors (Lipinski definition) is 3. The summed E-state index contributed by atoms with van der Waals surface area (Å²) in [6.45, 7) is 2.71. The summed E-state index contributed by atoms with van der Waals surface area (Å²) in [5.74, 6) is 0. The molecule has 0 aliphatic heterocycles. The quantitative estimate of drug-likeness (QED) is 0.647. The van der Waals surface area contributed by atoms with Crippen molar-refractivity contribution in [1.82, 2.24) is 9.97 Å². The molecule has 0 N–H and O–H groups in total. The van der Waals surface area contributed by atoms with Gasteiger partial charge in [0.1, 0.15) is 6.33 Å². The maximum absolute atomic E-state index is 4.95. The molecule has 0 amide bonds. The van der Waals surface area contributed by atoms with Crippen LogP contribution in [-0.2, 0) is 11.2 Å². The SMILES string of the molecule is COCCc1cncnc1C. The second-order valence-corrected chi connectivity index (χ2v) is 2.38. The fourth-order valence-electron chi connectivity index (χ4n) is 0.877. The fraction of sp³-hybridized carbons (Fsp3) is 0.500. The summed E-state index contributed by atoms with van der Waals surface area (Å²) in [6, 6.07) is 0. The Labute approximate surface area is 66.4 Å². The number of hydrogen-bond donors (Lipinski definition) is 0. The van der Waals surface area contributed by atoms with Crippen LogP contribution >= 0.6 is 0 Å². The Kier molecular flexibility index (Phi) is 2.98. The van der Waals surface area contributed by atoms with Gasteiger partial charge >= 0.3 is 0 Å². The summed E-state index contributed by atoms with van der Waals surface area (Å²) in [5.41, 5.74) is 2.20. The lowest BCUT2D eigenvalue weighted by atomic mass is 10.2. The monoisotopic (exact) mass is 152 g/mol. The molecule has 1 aromatic heterocycles. The van der Waals surface area contributed by atoms with Gasteiger partial charge in [0.2, 0.25) is 0 Å². The molecule has 1 aromatic rings. The molecule has 60 valence electrons. The minimum atomic E-state index is 0.730. The average Bonchev–Trinajstić information content (AvgIpc) is 2.03. The highest BCUT2D eigenvalue weighted by Crippen LogP contribution is 2.01. The van der Waals surface area contributed by atoms with Gasteiger partial charge in [-0.05, 0) is 18.9 Å². The van der Waals surface area contributed by atoms with E-state index >= 15 is 0 Å². The molecule has 0 aliphatic rings. The van der Waals surface area contributed by atoms with E-state index in [-0.39, 0.29) is 0 Å². The summed E-state index contributed by atoms with van der Waals surface area (Å²) < 4.78 is 4.95. The summed E-state index contributed by atoms with van der Waals surface area (Å²) in [4.78, 5) is 8.00. The summed E-state index contributed by atoms with van der Waals surface area (Å²) in [5, 5.41) is 0. The molecular weight excluding hydrogens is 140 g/mol. The molecule has 0 saturated carbocycles. The third kappa shape index (κ3) is 2.27. The molecule has 1 rings (SSSR count). The molecule has 3 nitrogen and oxygen atoms in total. The fourth-order valence-corrected chi connectivity index (χ4v) is 0.877. The van der Waals surface area contributed by atoms with Crippen LogP contribution in [0.25, 0.3) is 0 Å². The second kappa shape index (κ2) is 4.03. The van der Waals surface area contributed by atoms with Gasteiger partial charge in [0.05, 0.1) is 6.61 Å². The zero-order valence-corrected chi connectivity index (χ0v) is 6.87. The van der Waals surface area contributed by atoms with E-state index in [0.717, 1.165) is 24.3 Å². The topological polar surface area (TPSA) is 35.0 Å². The van der Waals surface area contributed by atoms with Crippen LogP contribution < -0.4 is 0 Å². The van der Waals surface area contributed by atoms with Crippen molar-refractivity contribution in [2.45, 2.75) is 13.3 Å². The van der Waals surface area contributed by atoms with Gasteiger partial charge in [0, 0.05) is 19.0 Å². The maximum Gasteiger partial charge on any atom is 0.115 e. The highest BCUT2D eigenvalue weighted by molar-refractivity contribution is 5.13. The first-order valence-corrected chi connectivity index (χ1v) is 3.59. The smallest absolute Gasteiger partial charge is 0.115 e. The van der Waals surface area contributed by atoms with E-state index in [2.05, 4.69) is 9.97 Å². The lowest BCUT2D eigenvalue weighted by Gasteiger charge is -2.01. The van der Waals surface area contributed by atoms with E-state index in [4.69, 9.17) is 4.74 Å². The van der Waals surface area contributed by atoms with Gasteiger partial charge in [0.25, 0.3) is 0 Å². The molecule has 0 spiro atoms. The van der Waals surface area contributed by atoms with Crippen LogP contribution in [-0.4, -0.2) is 23.7 Å². The number of ether oxygens (including phenoxy) is 1. The van der Waals surface area contributed by atoms with Gasteiger partial charge in [-0.15, -0.1) is 0 Å². The van der Waals surface area contributed by atoms with Crippen LogP contribution in [0.2, 0.25) is 0 Å². The van der Waals surface area contributed by atoms with Crippen molar-refractivity contribution in [3.05, 3.63) is 23.8 Å². The Morgan fingerprint density at radius 3 is 3.00 bits per heavy atom. The Morgan fingerprint density at radius 2 is 2.36 bits per heavy atom. The second-order valence-electron chi connectivity index (χ2n) is 2.38. The van der Waals surface area contributed by atoms with Crippen LogP contribution in [0, 0.1) is 6.92 Å². The molecule has 0 radical (unpaired) electrons. The zero-order valence-electron chi connectivity index (χ0n) is 6.87. The molecule has 0 fully saturated rings. The number of methoxy groups -OCH3 is 1. The third-order valence-electron chi connectivity index (χ3n) is 1.59. The maximum atomic E-state index is 4.95. The van der Waals surface area contributed by atoms with Crippen molar-refractivity contribution in [1.29, 1.82) is 0 Å². The lowest BCUT2D eigenvalue weighted by Crippen LogP contribution is -1.99. The van der Waals surface area contributed by atoms with E-state index < -0.39 is 0 Å². The zero-order chi connectivity index (χ0) is 8.10. The standard InChI is InChI=1S/C8H12N2O/c1-7-8(3-4-11-2)5-9-6-10-7/h5-6H,3-4H2,1-2H3. The minimum Gasteiger partial charge on any atom is -0.384 e. The first-order chi connectivity index (χ1) is 5.34. The molecule has 0 aliphatic carbocycles. The van der Waals surface area contributed by atoms with Gasteiger partial charge < -0.3 is 4.74 Å². The van der Waals surface area contributed by atoms with Crippen molar-refractivity contribution in [3.63, 3.8) is 0 Å². The summed E-state index contributed by atoms with van der Waals surface area (Å²) in [6.07, 6.45) is 4.29. The third-order valence-corrected chi connectivity index (χ3v) is 1.59. The lowest BCUT2D eigenvalue weighted by molar-refractivity contribution is 0.202. The largest absolute Gasteiger partial charge is 0.384 e. The molecule has 1 heterocycles. The van der Waals surface area contributed by atoms with Crippen LogP contribution in [0.3, 0.4) is 0 Å².